The van der Waals surface area contributed by atoms with Gasteiger partial charge in [0.2, 0.25) is 0 Å². The van der Waals surface area contributed by atoms with Crippen LogP contribution in [0.5, 0.6) is 0 Å². The van der Waals surface area contributed by atoms with Crippen LogP contribution in [0, 0.1) is 0 Å². The molecule has 0 unspecified atom stereocenters. The van der Waals surface area contributed by atoms with Crippen molar-refractivity contribution in [1.82, 2.24) is 14.8 Å². The summed E-state index contributed by atoms with van der Waals surface area (Å²) in [5.41, 5.74) is 0.283. The van der Waals surface area contributed by atoms with E-state index >= 15 is 0 Å². The number of carbonyl (C=O) groups is 1. The summed E-state index contributed by atoms with van der Waals surface area (Å²) in [5.74, 6) is -1.14. The first-order chi connectivity index (χ1) is 9.38. The van der Waals surface area contributed by atoms with Crippen LogP contribution in [-0.2, 0) is 4.74 Å². The van der Waals surface area contributed by atoms with E-state index in [1.807, 2.05) is 0 Å². The number of ether oxygens (including phenoxy) is 1. The highest BCUT2D eigenvalue weighted by Crippen LogP contribution is 2.23. The second-order valence-electron chi connectivity index (χ2n) is 3.94. The van der Waals surface area contributed by atoms with Gasteiger partial charge in [-0.1, -0.05) is 0 Å². The van der Waals surface area contributed by atoms with Gasteiger partial charge in [-0.15, -0.1) is 0 Å². The molecule has 0 aliphatic carbocycles. The molecule has 0 spiro atoms. The predicted molar refractivity (Wildman–Crippen MR) is 62.3 cm³/mol. The van der Waals surface area contributed by atoms with Gasteiger partial charge in [0.1, 0.15) is 0 Å². The van der Waals surface area contributed by atoms with Gasteiger partial charge in [0, 0.05) is 18.6 Å². The first-order valence-electron chi connectivity index (χ1n) is 5.61. The first kappa shape index (κ1) is 14.0. The minimum Gasteiger partial charge on any atom is -0.448 e. The third kappa shape index (κ3) is 3.14. The summed E-state index contributed by atoms with van der Waals surface area (Å²) in [7, 11) is 0. The molecule has 1 atom stereocenters. The van der Waals surface area contributed by atoms with Crippen LogP contribution in [0.15, 0.2) is 36.8 Å². The highest BCUT2D eigenvalue weighted by Gasteiger charge is 2.39. The Bertz CT molecular complexity index is 596. The summed E-state index contributed by atoms with van der Waals surface area (Å²) in [6.45, 7) is 0.759. The molecule has 0 saturated heterocycles. The van der Waals surface area contributed by atoms with Gasteiger partial charge >= 0.3 is 12.1 Å². The van der Waals surface area contributed by atoms with E-state index in [1.165, 1.54) is 23.1 Å². The fraction of sp³-hybridized carbons (Fsp3) is 0.250. The quantitative estimate of drug-likeness (QED) is 0.812. The van der Waals surface area contributed by atoms with Gasteiger partial charge in [-0.2, -0.15) is 18.3 Å². The maximum absolute atomic E-state index is 12.3. The number of hydrogen-bond acceptors (Lipinski definition) is 4. The molecule has 0 aliphatic heterocycles. The minimum atomic E-state index is -4.60. The molecule has 0 N–H and O–H groups in total. The van der Waals surface area contributed by atoms with Crippen LogP contribution in [-0.4, -0.2) is 33.0 Å². The van der Waals surface area contributed by atoms with Crippen molar-refractivity contribution in [1.29, 1.82) is 0 Å². The number of alkyl halides is 3. The maximum Gasteiger partial charge on any atom is 0.425 e. The van der Waals surface area contributed by atoms with Crippen molar-refractivity contribution in [2.24, 2.45) is 0 Å². The molecule has 2 rings (SSSR count). The summed E-state index contributed by atoms with van der Waals surface area (Å²) in [6.07, 6.45) is -2.33. The Labute approximate surface area is 112 Å². The second-order valence-corrected chi connectivity index (χ2v) is 3.94. The summed E-state index contributed by atoms with van der Waals surface area (Å²) in [4.78, 5) is 15.3. The Hall–Kier alpha value is -2.38. The molecule has 20 heavy (non-hydrogen) atoms. The monoisotopic (exact) mass is 285 g/mol. The lowest BCUT2D eigenvalue weighted by molar-refractivity contribution is -0.198. The third-order valence-corrected chi connectivity index (χ3v) is 2.47. The number of nitrogens with zero attached hydrogens (tertiary/aromatic N) is 3. The van der Waals surface area contributed by atoms with Gasteiger partial charge in [-0.3, -0.25) is 0 Å². The van der Waals surface area contributed by atoms with Crippen molar-refractivity contribution >= 4 is 5.97 Å². The van der Waals surface area contributed by atoms with E-state index in [-0.39, 0.29) is 5.69 Å². The Morgan fingerprint density at radius 2 is 2.15 bits per heavy atom. The van der Waals surface area contributed by atoms with E-state index in [0.29, 0.717) is 5.69 Å². The topological polar surface area (TPSA) is 57.0 Å². The van der Waals surface area contributed by atoms with E-state index in [0.717, 1.165) is 6.92 Å². The van der Waals surface area contributed by atoms with Crippen molar-refractivity contribution in [3.63, 3.8) is 0 Å². The lowest BCUT2D eigenvalue weighted by Crippen LogP contribution is -2.31. The van der Waals surface area contributed by atoms with Crippen LogP contribution in [0.3, 0.4) is 0 Å². The zero-order valence-corrected chi connectivity index (χ0v) is 10.3. The largest absolute Gasteiger partial charge is 0.448 e. The van der Waals surface area contributed by atoms with Crippen molar-refractivity contribution in [3.8, 4) is 5.69 Å². The summed E-state index contributed by atoms with van der Waals surface area (Å²) in [6, 6.07) is 4.54. The number of esters is 1. The smallest absolute Gasteiger partial charge is 0.425 e. The summed E-state index contributed by atoms with van der Waals surface area (Å²) >= 11 is 0. The molecule has 0 bridgehead atoms. The SMILES string of the molecule is C[C@@H](OC(=O)c1cc(-n2cccn2)ccn1)C(F)(F)F. The fourth-order valence-corrected chi connectivity index (χ4v) is 1.38. The minimum absolute atomic E-state index is 0.214. The number of aromatic nitrogens is 3. The van der Waals surface area contributed by atoms with Gasteiger partial charge in [0.25, 0.3) is 0 Å². The van der Waals surface area contributed by atoms with Gasteiger partial charge in [-0.05, 0) is 25.1 Å². The van der Waals surface area contributed by atoms with E-state index < -0.39 is 18.2 Å². The second kappa shape index (κ2) is 5.32. The maximum atomic E-state index is 12.3. The molecule has 106 valence electrons. The van der Waals surface area contributed by atoms with Gasteiger partial charge in [0.15, 0.2) is 11.8 Å². The Kier molecular flexibility index (Phi) is 3.73. The van der Waals surface area contributed by atoms with Crippen LogP contribution in [0.25, 0.3) is 5.69 Å². The zero-order chi connectivity index (χ0) is 14.8. The summed E-state index contributed by atoms with van der Waals surface area (Å²) in [5, 5.41) is 3.94. The number of carbonyl (C=O) groups excluding carboxylic acids is 1. The molecular weight excluding hydrogens is 275 g/mol. The molecule has 5 nitrogen and oxygen atoms in total. The van der Waals surface area contributed by atoms with Crippen molar-refractivity contribution in [3.05, 3.63) is 42.5 Å². The number of halogens is 3. The lowest BCUT2D eigenvalue weighted by Gasteiger charge is -2.16. The molecule has 0 aliphatic rings. The number of rotatable bonds is 3. The van der Waals surface area contributed by atoms with E-state index in [1.54, 1.807) is 18.3 Å². The first-order valence-corrected chi connectivity index (χ1v) is 5.61. The Morgan fingerprint density at radius 1 is 1.40 bits per heavy atom. The Morgan fingerprint density at radius 3 is 2.75 bits per heavy atom. The zero-order valence-electron chi connectivity index (χ0n) is 10.3. The van der Waals surface area contributed by atoms with Gasteiger partial charge in [-0.25, -0.2) is 14.5 Å². The van der Waals surface area contributed by atoms with Crippen LogP contribution in [0.2, 0.25) is 0 Å². The van der Waals surface area contributed by atoms with Crippen molar-refractivity contribution < 1.29 is 22.7 Å². The fourth-order valence-electron chi connectivity index (χ4n) is 1.38. The number of pyridine rings is 1. The van der Waals surface area contributed by atoms with Crippen LogP contribution < -0.4 is 0 Å². The molecular formula is C12H10F3N3O2. The highest BCUT2D eigenvalue weighted by atomic mass is 19.4. The lowest BCUT2D eigenvalue weighted by atomic mass is 10.3. The molecule has 2 aromatic rings. The van der Waals surface area contributed by atoms with E-state index in [4.69, 9.17) is 0 Å². The molecule has 2 aromatic heterocycles. The average Bonchev–Trinajstić information content (AvgIpc) is 2.91. The van der Waals surface area contributed by atoms with Crippen LogP contribution >= 0.6 is 0 Å². The van der Waals surface area contributed by atoms with E-state index in [2.05, 4.69) is 14.8 Å². The molecule has 0 fully saturated rings. The van der Waals surface area contributed by atoms with Crippen molar-refractivity contribution in [2.45, 2.75) is 19.2 Å². The van der Waals surface area contributed by atoms with Crippen molar-refractivity contribution in [2.75, 3.05) is 0 Å². The normalized spacial score (nSPS) is 13.0. The molecule has 0 amide bonds. The Balaban J connectivity index is 2.17. The van der Waals surface area contributed by atoms with Crippen LogP contribution in [0.4, 0.5) is 13.2 Å². The average molecular weight is 285 g/mol. The number of hydrogen-bond donors (Lipinski definition) is 0. The molecule has 0 aromatic carbocycles. The molecule has 0 radical (unpaired) electrons. The highest BCUT2D eigenvalue weighted by molar-refractivity contribution is 5.87. The molecule has 8 heteroatoms. The molecule has 0 saturated carbocycles. The third-order valence-electron chi connectivity index (χ3n) is 2.47. The standard InChI is InChI=1S/C12H10F3N3O2/c1-8(12(13,14)15)20-11(19)10-7-9(3-5-16-10)18-6-2-4-17-18/h2-8H,1H3/t8-/m1/s1. The van der Waals surface area contributed by atoms with Gasteiger partial charge in [0.05, 0.1) is 5.69 Å². The van der Waals surface area contributed by atoms with Gasteiger partial charge < -0.3 is 4.74 Å². The van der Waals surface area contributed by atoms with E-state index in [9.17, 15) is 18.0 Å². The molecule has 2 heterocycles. The predicted octanol–water partition coefficient (Wildman–Crippen LogP) is 2.37. The van der Waals surface area contributed by atoms with Crippen LogP contribution in [0.1, 0.15) is 17.4 Å². The summed E-state index contributed by atoms with van der Waals surface area (Å²) < 4.78 is 42.7.